The van der Waals surface area contributed by atoms with Crippen LogP contribution in [0.2, 0.25) is 0 Å². The van der Waals surface area contributed by atoms with Crippen molar-refractivity contribution in [1.29, 1.82) is 0 Å². The highest BCUT2D eigenvalue weighted by Crippen LogP contribution is 2.34. The van der Waals surface area contributed by atoms with E-state index in [1.807, 2.05) is 0 Å². The molecular formula is C12H18Cl2N4O6P2. The topological polar surface area (TPSA) is 149 Å². The zero-order valence-electron chi connectivity index (χ0n) is 13.3. The molecular weight excluding hydrogens is 429 g/mol. The van der Waals surface area contributed by atoms with E-state index in [-0.39, 0.29) is 50.2 Å². The van der Waals surface area contributed by atoms with Crippen LogP contribution in [0.15, 0.2) is 37.2 Å². The van der Waals surface area contributed by atoms with Crippen molar-refractivity contribution >= 4 is 15.2 Å². The predicted octanol–water partition coefficient (Wildman–Crippen LogP) is -6.92. The van der Waals surface area contributed by atoms with Crippen molar-refractivity contribution in [3.63, 3.8) is 0 Å². The zero-order valence-corrected chi connectivity index (χ0v) is 16.6. The molecule has 0 atom stereocenters. The van der Waals surface area contributed by atoms with Gasteiger partial charge >= 0.3 is 15.2 Å². The summed E-state index contributed by atoms with van der Waals surface area (Å²) >= 11 is 0. The molecule has 10 nitrogen and oxygen atoms in total. The minimum Gasteiger partial charge on any atom is -1.00 e. The van der Waals surface area contributed by atoms with Crippen molar-refractivity contribution in [1.82, 2.24) is 9.97 Å². The quantitative estimate of drug-likeness (QED) is 0.242. The summed E-state index contributed by atoms with van der Waals surface area (Å²) in [4.78, 5) is 44.2. The zero-order chi connectivity index (χ0) is 17.8. The van der Waals surface area contributed by atoms with Gasteiger partial charge in [-0.1, -0.05) is 0 Å². The minimum absolute atomic E-state index is 0. The third-order valence-corrected chi connectivity index (χ3v) is 4.77. The lowest BCUT2D eigenvalue weighted by Gasteiger charge is -2.06. The maximum absolute atomic E-state index is 11.1. The van der Waals surface area contributed by atoms with E-state index in [1.165, 1.54) is 24.8 Å². The molecule has 0 spiro atoms. The Bertz CT molecular complexity index is 748. The summed E-state index contributed by atoms with van der Waals surface area (Å²) in [5.74, 6) is 0. The van der Waals surface area contributed by atoms with Gasteiger partial charge < -0.3 is 44.4 Å². The Hall–Kier alpha value is -0.960. The SMILES string of the molecule is O=P(O)(O)CC[n+]1ccncc1-c1cncc[n+]1CCP(=O)(O)O.[Cl-].[Cl-]. The van der Waals surface area contributed by atoms with Crippen LogP contribution < -0.4 is 33.9 Å². The van der Waals surface area contributed by atoms with Crippen LogP contribution in [0, 0.1) is 0 Å². The van der Waals surface area contributed by atoms with Crippen molar-refractivity contribution < 1.29 is 62.7 Å². The largest absolute Gasteiger partial charge is 1.00 e. The molecule has 0 fully saturated rings. The average molecular weight is 447 g/mol. The first kappa shape index (κ1) is 25.0. The van der Waals surface area contributed by atoms with Gasteiger partial charge in [-0.2, -0.15) is 9.13 Å². The standard InChI is InChI=1S/C12H16N4O6P2.2ClH/c17-23(18,19)7-5-15-3-1-13-9-11(15)12-10-14-2-4-16(12)6-8-24(20,21)22;;/h1-4,9-10H,5-8H2,(H2-2,17,18,19,20,21,22);2*1H. The van der Waals surface area contributed by atoms with Crippen LogP contribution in [0.4, 0.5) is 0 Å². The molecule has 2 heterocycles. The summed E-state index contributed by atoms with van der Waals surface area (Å²) in [6.45, 7) is 0.130. The van der Waals surface area contributed by atoms with Crippen LogP contribution in [-0.4, -0.2) is 41.9 Å². The number of halogens is 2. The predicted molar refractivity (Wildman–Crippen MR) is 81.7 cm³/mol. The van der Waals surface area contributed by atoms with Gasteiger partial charge in [0.05, 0.1) is 12.4 Å². The van der Waals surface area contributed by atoms with E-state index in [1.54, 1.807) is 21.5 Å². The molecule has 146 valence electrons. The molecule has 2 aromatic rings. The van der Waals surface area contributed by atoms with Gasteiger partial charge in [0.1, 0.15) is 24.7 Å². The first-order chi connectivity index (χ1) is 11.2. The molecule has 0 aliphatic heterocycles. The fraction of sp³-hybridized carbons (Fsp3) is 0.333. The highest BCUT2D eigenvalue weighted by Gasteiger charge is 2.27. The van der Waals surface area contributed by atoms with Crippen LogP contribution in [0.25, 0.3) is 11.4 Å². The van der Waals surface area contributed by atoms with Crippen LogP contribution in [0.3, 0.4) is 0 Å². The van der Waals surface area contributed by atoms with Crippen LogP contribution in [-0.2, 0) is 22.2 Å². The number of aryl methyl sites for hydroxylation is 2. The third-order valence-electron chi connectivity index (χ3n) is 3.20. The molecule has 2 aromatic heterocycles. The van der Waals surface area contributed by atoms with Gasteiger partial charge in [0.15, 0.2) is 25.5 Å². The van der Waals surface area contributed by atoms with Gasteiger partial charge in [-0.05, 0) is 0 Å². The highest BCUT2D eigenvalue weighted by atomic mass is 35.5. The van der Waals surface area contributed by atoms with Crippen molar-refractivity contribution in [2.45, 2.75) is 13.1 Å². The van der Waals surface area contributed by atoms with E-state index >= 15 is 0 Å². The third kappa shape index (κ3) is 8.16. The van der Waals surface area contributed by atoms with Gasteiger partial charge in [0, 0.05) is 0 Å². The van der Waals surface area contributed by atoms with Gasteiger partial charge in [0.2, 0.25) is 0 Å². The molecule has 14 heteroatoms. The second-order valence-electron chi connectivity index (χ2n) is 5.09. The number of rotatable bonds is 7. The summed E-state index contributed by atoms with van der Waals surface area (Å²) in [6.07, 6.45) is 8.46. The molecule has 2 rings (SSSR count). The summed E-state index contributed by atoms with van der Waals surface area (Å²) in [5.41, 5.74) is 1.06. The lowest BCUT2D eigenvalue weighted by Crippen LogP contribution is -3.00. The summed E-state index contributed by atoms with van der Waals surface area (Å²) in [6, 6.07) is 0. The number of nitrogens with zero attached hydrogens (tertiary/aromatic N) is 4. The summed E-state index contributed by atoms with van der Waals surface area (Å²) in [5, 5.41) is 0. The monoisotopic (exact) mass is 446 g/mol. The van der Waals surface area contributed by atoms with E-state index in [0.717, 1.165) is 0 Å². The van der Waals surface area contributed by atoms with Gasteiger partial charge in [-0.3, -0.25) is 19.1 Å². The Morgan fingerprint density at radius 2 is 1.12 bits per heavy atom. The Labute approximate surface area is 162 Å². The van der Waals surface area contributed by atoms with Gasteiger partial charge in [-0.15, -0.1) is 0 Å². The molecule has 0 saturated carbocycles. The molecule has 0 radical (unpaired) electrons. The Morgan fingerprint density at radius 3 is 1.42 bits per heavy atom. The number of hydrogen-bond acceptors (Lipinski definition) is 4. The highest BCUT2D eigenvalue weighted by molar-refractivity contribution is 7.51. The van der Waals surface area contributed by atoms with E-state index < -0.39 is 15.2 Å². The smallest absolute Gasteiger partial charge is 0.331 e. The second-order valence-corrected chi connectivity index (χ2v) is 8.64. The average Bonchev–Trinajstić information content (AvgIpc) is 2.50. The van der Waals surface area contributed by atoms with Crippen molar-refractivity contribution in [2.24, 2.45) is 0 Å². The maximum atomic E-state index is 11.1. The van der Waals surface area contributed by atoms with E-state index in [9.17, 15) is 9.13 Å². The van der Waals surface area contributed by atoms with Crippen molar-refractivity contribution in [3.8, 4) is 11.4 Å². The van der Waals surface area contributed by atoms with E-state index in [2.05, 4.69) is 9.97 Å². The molecule has 0 aliphatic carbocycles. The minimum atomic E-state index is -4.16. The molecule has 26 heavy (non-hydrogen) atoms. The van der Waals surface area contributed by atoms with Crippen molar-refractivity contribution in [3.05, 3.63) is 37.2 Å². The van der Waals surface area contributed by atoms with E-state index in [4.69, 9.17) is 19.6 Å². The van der Waals surface area contributed by atoms with Crippen LogP contribution in [0.5, 0.6) is 0 Å². The Kier molecular flexibility index (Phi) is 10.0. The van der Waals surface area contributed by atoms with Crippen LogP contribution >= 0.6 is 15.2 Å². The van der Waals surface area contributed by atoms with Gasteiger partial charge in [-0.25, -0.2) is 0 Å². The maximum Gasteiger partial charge on any atom is 0.331 e. The lowest BCUT2D eigenvalue weighted by molar-refractivity contribution is -0.711. The lowest BCUT2D eigenvalue weighted by atomic mass is 10.3. The Morgan fingerprint density at radius 1 is 0.769 bits per heavy atom. The molecule has 0 unspecified atom stereocenters. The first-order valence-electron chi connectivity index (χ1n) is 6.92. The second kappa shape index (κ2) is 10.4. The molecule has 0 saturated heterocycles. The van der Waals surface area contributed by atoms with Crippen molar-refractivity contribution in [2.75, 3.05) is 12.3 Å². The Balaban J connectivity index is 0.00000312. The van der Waals surface area contributed by atoms with Gasteiger partial charge in [0.25, 0.3) is 11.4 Å². The number of aromatic nitrogens is 4. The van der Waals surface area contributed by atoms with Crippen LogP contribution in [0.1, 0.15) is 0 Å². The van der Waals surface area contributed by atoms with E-state index in [0.29, 0.717) is 11.4 Å². The molecule has 0 aliphatic rings. The normalized spacial score (nSPS) is 11.4. The molecule has 4 N–H and O–H groups in total. The molecule has 0 bridgehead atoms. The fourth-order valence-electron chi connectivity index (χ4n) is 2.07. The molecule has 0 aromatic carbocycles. The molecule has 0 amide bonds. The fourth-order valence-corrected chi connectivity index (χ4v) is 3.02. The summed E-state index contributed by atoms with van der Waals surface area (Å²) < 4.78 is 25.4. The summed E-state index contributed by atoms with van der Waals surface area (Å²) in [7, 11) is -8.31. The number of hydrogen-bond donors (Lipinski definition) is 4. The first-order valence-corrected chi connectivity index (χ1v) is 10.5.